The predicted octanol–water partition coefficient (Wildman–Crippen LogP) is 3.06. The van der Waals surface area contributed by atoms with Crippen molar-refractivity contribution in [3.63, 3.8) is 0 Å². The fraction of sp³-hybridized carbons (Fsp3) is 0.684. The van der Waals surface area contributed by atoms with Crippen LogP contribution >= 0.6 is 0 Å². The van der Waals surface area contributed by atoms with Crippen LogP contribution in [0.15, 0.2) is 24.3 Å². The summed E-state index contributed by atoms with van der Waals surface area (Å²) >= 11 is 0. The van der Waals surface area contributed by atoms with E-state index in [0.717, 1.165) is 5.75 Å². The highest BCUT2D eigenvalue weighted by atomic mass is 16.6. The highest BCUT2D eigenvalue weighted by molar-refractivity contribution is 5.31. The van der Waals surface area contributed by atoms with E-state index in [1.807, 2.05) is 12.1 Å². The lowest BCUT2D eigenvalue weighted by atomic mass is 9.87. The third kappa shape index (κ3) is 9.88. The van der Waals surface area contributed by atoms with E-state index in [1.54, 1.807) is 7.11 Å². The zero-order valence-electron chi connectivity index (χ0n) is 15.5. The molecule has 0 amide bonds. The van der Waals surface area contributed by atoms with Crippen molar-refractivity contribution in [1.29, 1.82) is 0 Å². The number of hydrogen-bond donors (Lipinski definition) is 0. The molecule has 5 heteroatoms. The van der Waals surface area contributed by atoms with E-state index in [4.69, 9.17) is 23.7 Å². The summed E-state index contributed by atoms with van der Waals surface area (Å²) in [6, 6.07) is 8.23. The summed E-state index contributed by atoms with van der Waals surface area (Å²) in [5, 5.41) is 0. The average molecular weight is 340 g/mol. The lowest BCUT2D eigenvalue weighted by molar-refractivity contribution is 0.000163. The minimum absolute atomic E-state index is 0.163. The minimum Gasteiger partial charge on any atom is -0.491 e. The second kappa shape index (κ2) is 12.3. The summed E-state index contributed by atoms with van der Waals surface area (Å²) in [6.07, 6.45) is 0. The first-order chi connectivity index (χ1) is 11.5. The molecule has 1 rings (SSSR count). The van der Waals surface area contributed by atoms with Crippen LogP contribution in [0.2, 0.25) is 0 Å². The van der Waals surface area contributed by atoms with Crippen molar-refractivity contribution in [1.82, 2.24) is 0 Å². The zero-order valence-corrected chi connectivity index (χ0v) is 15.5. The molecule has 5 nitrogen and oxygen atoms in total. The summed E-state index contributed by atoms with van der Waals surface area (Å²) in [5.74, 6) is 0.871. The SMILES string of the molecule is COCCOCCOCCOCCOc1ccc(C(C)(C)C)cc1. The van der Waals surface area contributed by atoms with Gasteiger partial charge in [0.05, 0.1) is 46.2 Å². The molecule has 0 heterocycles. The van der Waals surface area contributed by atoms with Crippen LogP contribution < -0.4 is 4.74 Å². The van der Waals surface area contributed by atoms with Gasteiger partial charge in [0.15, 0.2) is 0 Å². The molecule has 0 bridgehead atoms. The van der Waals surface area contributed by atoms with Gasteiger partial charge in [0, 0.05) is 7.11 Å². The van der Waals surface area contributed by atoms with Crippen LogP contribution in [0.1, 0.15) is 26.3 Å². The van der Waals surface area contributed by atoms with Crippen molar-refractivity contribution in [2.75, 3.05) is 60.0 Å². The van der Waals surface area contributed by atoms with Crippen molar-refractivity contribution < 1.29 is 23.7 Å². The number of benzene rings is 1. The van der Waals surface area contributed by atoms with Gasteiger partial charge in [-0.2, -0.15) is 0 Å². The largest absolute Gasteiger partial charge is 0.491 e. The molecule has 0 N–H and O–H groups in total. The monoisotopic (exact) mass is 340 g/mol. The molecule has 1 aromatic carbocycles. The molecule has 138 valence electrons. The molecule has 0 fully saturated rings. The van der Waals surface area contributed by atoms with Crippen LogP contribution in [-0.4, -0.2) is 60.0 Å². The maximum Gasteiger partial charge on any atom is 0.119 e. The van der Waals surface area contributed by atoms with E-state index < -0.39 is 0 Å². The third-order valence-electron chi connectivity index (χ3n) is 3.39. The van der Waals surface area contributed by atoms with Gasteiger partial charge in [-0.3, -0.25) is 0 Å². The molecule has 0 atom stereocenters. The molecule has 0 aliphatic heterocycles. The van der Waals surface area contributed by atoms with Gasteiger partial charge in [0.2, 0.25) is 0 Å². The highest BCUT2D eigenvalue weighted by Gasteiger charge is 2.12. The molecular formula is C19H32O5. The van der Waals surface area contributed by atoms with E-state index in [1.165, 1.54) is 5.56 Å². The molecule has 0 aliphatic rings. The Morgan fingerprint density at radius 1 is 0.667 bits per heavy atom. The quantitative estimate of drug-likeness (QED) is 0.517. The average Bonchev–Trinajstić information content (AvgIpc) is 2.55. The van der Waals surface area contributed by atoms with Gasteiger partial charge >= 0.3 is 0 Å². The van der Waals surface area contributed by atoms with E-state index in [-0.39, 0.29) is 5.41 Å². The summed E-state index contributed by atoms with van der Waals surface area (Å²) in [4.78, 5) is 0. The zero-order chi connectivity index (χ0) is 17.7. The smallest absolute Gasteiger partial charge is 0.119 e. The van der Waals surface area contributed by atoms with Crippen molar-refractivity contribution in [2.24, 2.45) is 0 Å². The Morgan fingerprint density at radius 2 is 1.12 bits per heavy atom. The Hall–Kier alpha value is -1.14. The maximum atomic E-state index is 5.66. The summed E-state index contributed by atoms with van der Waals surface area (Å²) in [5.41, 5.74) is 1.46. The molecule has 0 spiro atoms. The van der Waals surface area contributed by atoms with Gasteiger partial charge in [0.1, 0.15) is 12.4 Å². The normalized spacial score (nSPS) is 11.7. The third-order valence-corrected chi connectivity index (χ3v) is 3.39. The standard InChI is InChI=1S/C19H32O5/c1-19(2,3)17-5-7-18(8-6-17)24-16-15-23-14-13-22-12-11-21-10-9-20-4/h5-8H,9-16H2,1-4H3. The van der Waals surface area contributed by atoms with Crippen LogP contribution in [0.25, 0.3) is 0 Å². The fourth-order valence-electron chi connectivity index (χ4n) is 1.95. The molecule has 24 heavy (non-hydrogen) atoms. The van der Waals surface area contributed by atoms with E-state index in [0.29, 0.717) is 52.9 Å². The van der Waals surface area contributed by atoms with Gasteiger partial charge in [-0.1, -0.05) is 32.9 Å². The Labute approximate surface area is 146 Å². The Morgan fingerprint density at radius 3 is 1.58 bits per heavy atom. The fourth-order valence-corrected chi connectivity index (χ4v) is 1.95. The lowest BCUT2D eigenvalue weighted by Crippen LogP contribution is -2.13. The minimum atomic E-state index is 0.163. The van der Waals surface area contributed by atoms with Crippen molar-refractivity contribution >= 4 is 0 Å². The summed E-state index contributed by atoms with van der Waals surface area (Å²) in [6.45, 7) is 11.2. The van der Waals surface area contributed by atoms with Gasteiger partial charge in [0.25, 0.3) is 0 Å². The number of methoxy groups -OCH3 is 1. The second-order valence-electron chi connectivity index (χ2n) is 6.45. The molecule has 0 aliphatic carbocycles. The first-order valence-electron chi connectivity index (χ1n) is 8.49. The molecule has 0 unspecified atom stereocenters. The van der Waals surface area contributed by atoms with Crippen molar-refractivity contribution in [3.8, 4) is 5.75 Å². The van der Waals surface area contributed by atoms with Crippen LogP contribution in [0.3, 0.4) is 0 Å². The molecular weight excluding hydrogens is 308 g/mol. The van der Waals surface area contributed by atoms with Gasteiger partial charge in [-0.05, 0) is 23.1 Å². The Kier molecular flexibility index (Phi) is 10.7. The molecule has 0 aromatic heterocycles. The van der Waals surface area contributed by atoms with Gasteiger partial charge < -0.3 is 23.7 Å². The van der Waals surface area contributed by atoms with E-state index >= 15 is 0 Å². The summed E-state index contributed by atoms with van der Waals surface area (Å²) in [7, 11) is 1.65. The molecule has 1 aromatic rings. The first-order valence-corrected chi connectivity index (χ1v) is 8.49. The second-order valence-corrected chi connectivity index (χ2v) is 6.45. The Balaban J connectivity index is 1.95. The van der Waals surface area contributed by atoms with Crippen LogP contribution in [0, 0.1) is 0 Å². The van der Waals surface area contributed by atoms with Crippen LogP contribution in [0.5, 0.6) is 5.75 Å². The van der Waals surface area contributed by atoms with E-state index in [9.17, 15) is 0 Å². The topological polar surface area (TPSA) is 46.2 Å². The van der Waals surface area contributed by atoms with Crippen LogP contribution in [0.4, 0.5) is 0 Å². The van der Waals surface area contributed by atoms with Crippen molar-refractivity contribution in [3.05, 3.63) is 29.8 Å². The Bertz CT molecular complexity index is 411. The first kappa shape index (κ1) is 20.9. The highest BCUT2D eigenvalue weighted by Crippen LogP contribution is 2.24. The molecule has 0 saturated carbocycles. The number of ether oxygens (including phenoxy) is 5. The molecule has 0 radical (unpaired) electrons. The number of hydrogen-bond acceptors (Lipinski definition) is 5. The predicted molar refractivity (Wildman–Crippen MR) is 95.0 cm³/mol. The number of rotatable bonds is 13. The molecule has 0 saturated heterocycles. The van der Waals surface area contributed by atoms with E-state index in [2.05, 4.69) is 32.9 Å². The van der Waals surface area contributed by atoms with Crippen molar-refractivity contribution in [2.45, 2.75) is 26.2 Å². The van der Waals surface area contributed by atoms with Gasteiger partial charge in [-0.25, -0.2) is 0 Å². The summed E-state index contributed by atoms with van der Waals surface area (Å²) < 4.78 is 26.7. The lowest BCUT2D eigenvalue weighted by Gasteiger charge is -2.19. The maximum absolute atomic E-state index is 5.66. The van der Waals surface area contributed by atoms with Crippen LogP contribution in [-0.2, 0) is 24.4 Å². The van der Waals surface area contributed by atoms with Gasteiger partial charge in [-0.15, -0.1) is 0 Å².